The lowest BCUT2D eigenvalue weighted by Gasteiger charge is -2.22. The van der Waals surface area contributed by atoms with Gasteiger partial charge in [-0.1, -0.05) is 6.07 Å². The molecule has 0 aromatic carbocycles. The highest BCUT2D eigenvalue weighted by molar-refractivity contribution is 5.95. The Bertz CT molecular complexity index is 863. The van der Waals surface area contributed by atoms with Crippen LogP contribution >= 0.6 is 0 Å². The van der Waals surface area contributed by atoms with E-state index in [0.29, 0.717) is 17.0 Å². The zero-order chi connectivity index (χ0) is 16.6. The number of aromatic carboxylic acids is 1. The van der Waals surface area contributed by atoms with Gasteiger partial charge in [-0.3, -0.25) is 9.38 Å². The number of aromatic nitrogens is 3. The number of imidazole rings is 1. The van der Waals surface area contributed by atoms with Gasteiger partial charge in [0.15, 0.2) is 5.65 Å². The molecule has 118 valence electrons. The van der Waals surface area contributed by atoms with Crippen molar-refractivity contribution >= 4 is 17.4 Å². The molecule has 0 saturated heterocycles. The van der Waals surface area contributed by atoms with E-state index >= 15 is 0 Å². The lowest BCUT2D eigenvalue weighted by Crippen LogP contribution is -2.27. The van der Waals surface area contributed by atoms with Crippen molar-refractivity contribution in [3.8, 4) is 11.4 Å². The fraction of sp³-hybridized carbons (Fsp3) is 0.235. The van der Waals surface area contributed by atoms with E-state index < -0.39 is 5.97 Å². The van der Waals surface area contributed by atoms with Gasteiger partial charge in [-0.05, 0) is 45.0 Å². The van der Waals surface area contributed by atoms with Crippen LogP contribution in [0, 0.1) is 0 Å². The van der Waals surface area contributed by atoms with E-state index in [0.717, 1.165) is 5.82 Å². The van der Waals surface area contributed by atoms with Crippen molar-refractivity contribution in [1.82, 2.24) is 14.4 Å². The Hall–Kier alpha value is -2.89. The van der Waals surface area contributed by atoms with E-state index in [-0.39, 0.29) is 11.1 Å². The second-order valence-corrected chi connectivity index (χ2v) is 6.32. The highest BCUT2D eigenvalue weighted by Gasteiger charge is 2.22. The highest BCUT2D eigenvalue weighted by atomic mass is 16.4. The number of hydrogen-bond donors (Lipinski definition) is 2. The monoisotopic (exact) mass is 310 g/mol. The van der Waals surface area contributed by atoms with Gasteiger partial charge >= 0.3 is 5.97 Å². The fourth-order valence-corrected chi connectivity index (χ4v) is 2.39. The Labute approximate surface area is 133 Å². The Kier molecular flexibility index (Phi) is 3.52. The molecular weight excluding hydrogens is 292 g/mol. The average molecular weight is 310 g/mol. The first-order chi connectivity index (χ1) is 10.9. The van der Waals surface area contributed by atoms with Crippen molar-refractivity contribution in [2.75, 3.05) is 5.32 Å². The molecule has 0 aliphatic rings. The molecule has 0 aliphatic carbocycles. The van der Waals surface area contributed by atoms with E-state index in [4.69, 9.17) is 0 Å². The number of fused-ring (bicyclic) bond motifs is 1. The van der Waals surface area contributed by atoms with Gasteiger partial charge in [-0.15, -0.1) is 0 Å². The maximum Gasteiger partial charge on any atom is 0.339 e. The van der Waals surface area contributed by atoms with Gasteiger partial charge in [0.25, 0.3) is 0 Å². The Morgan fingerprint density at radius 2 is 2.00 bits per heavy atom. The Morgan fingerprint density at radius 3 is 2.61 bits per heavy atom. The van der Waals surface area contributed by atoms with Crippen molar-refractivity contribution in [1.29, 1.82) is 0 Å². The lowest BCUT2D eigenvalue weighted by atomic mass is 10.1. The van der Waals surface area contributed by atoms with Crippen molar-refractivity contribution in [2.45, 2.75) is 26.3 Å². The van der Waals surface area contributed by atoms with Crippen molar-refractivity contribution in [3.05, 3.63) is 48.3 Å². The summed E-state index contributed by atoms with van der Waals surface area (Å²) in [4.78, 5) is 20.4. The van der Waals surface area contributed by atoms with Crippen LogP contribution in [0.4, 0.5) is 5.82 Å². The molecule has 23 heavy (non-hydrogen) atoms. The molecule has 0 spiro atoms. The van der Waals surface area contributed by atoms with Gasteiger partial charge in [-0.2, -0.15) is 0 Å². The van der Waals surface area contributed by atoms with Crippen LogP contribution in [0.15, 0.2) is 42.7 Å². The van der Waals surface area contributed by atoms with E-state index in [2.05, 4.69) is 15.3 Å². The van der Waals surface area contributed by atoms with Gasteiger partial charge < -0.3 is 10.4 Å². The second kappa shape index (κ2) is 5.39. The summed E-state index contributed by atoms with van der Waals surface area (Å²) < 4.78 is 1.76. The summed E-state index contributed by atoms with van der Waals surface area (Å²) in [6, 6.07) is 8.82. The molecule has 0 bridgehead atoms. The third-order valence-electron chi connectivity index (χ3n) is 3.28. The third-order valence-corrected chi connectivity index (χ3v) is 3.28. The molecule has 0 saturated carbocycles. The quantitative estimate of drug-likeness (QED) is 0.776. The summed E-state index contributed by atoms with van der Waals surface area (Å²) in [6.45, 7) is 6.11. The molecule has 0 radical (unpaired) electrons. The Morgan fingerprint density at radius 1 is 1.22 bits per heavy atom. The van der Waals surface area contributed by atoms with E-state index in [9.17, 15) is 9.90 Å². The van der Waals surface area contributed by atoms with Crippen LogP contribution < -0.4 is 5.32 Å². The predicted octanol–water partition coefficient (Wildman–Crippen LogP) is 3.30. The zero-order valence-electron chi connectivity index (χ0n) is 13.2. The highest BCUT2D eigenvalue weighted by Crippen LogP contribution is 2.30. The average Bonchev–Trinajstić information content (AvgIpc) is 2.85. The molecule has 2 N–H and O–H groups in total. The van der Waals surface area contributed by atoms with Crippen LogP contribution in [-0.2, 0) is 0 Å². The second-order valence-electron chi connectivity index (χ2n) is 6.32. The van der Waals surface area contributed by atoms with Crippen LogP contribution in [0.2, 0.25) is 0 Å². The van der Waals surface area contributed by atoms with Crippen LogP contribution in [-0.4, -0.2) is 31.0 Å². The van der Waals surface area contributed by atoms with Crippen LogP contribution in [0.1, 0.15) is 31.1 Å². The van der Waals surface area contributed by atoms with E-state index in [1.165, 1.54) is 0 Å². The smallest absolute Gasteiger partial charge is 0.339 e. The van der Waals surface area contributed by atoms with Gasteiger partial charge in [0.2, 0.25) is 0 Å². The minimum Gasteiger partial charge on any atom is -0.478 e. The number of carboxylic acid groups (broad SMARTS) is 1. The summed E-state index contributed by atoms with van der Waals surface area (Å²) in [5, 5.41) is 12.8. The van der Waals surface area contributed by atoms with Crippen LogP contribution in [0.25, 0.3) is 17.0 Å². The first kappa shape index (κ1) is 15.0. The molecule has 6 nitrogen and oxygen atoms in total. The number of carbonyl (C=O) groups is 1. The standard InChI is InChI=1S/C17H18N4O2/c1-17(2,3)20-15-13(12-8-4-5-9-18-12)19-14-11(16(22)23)7-6-10-21(14)15/h4-10,20H,1-3H3,(H,22,23). The first-order valence-corrected chi connectivity index (χ1v) is 7.31. The number of rotatable bonds is 3. The molecule has 3 heterocycles. The molecule has 0 atom stereocenters. The molecule has 0 unspecified atom stereocenters. The zero-order valence-corrected chi connectivity index (χ0v) is 13.2. The minimum absolute atomic E-state index is 0.159. The van der Waals surface area contributed by atoms with Gasteiger partial charge in [0.05, 0.1) is 5.69 Å². The number of carboxylic acids is 1. The molecule has 0 fully saturated rings. The normalized spacial score (nSPS) is 11.6. The fourth-order valence-electron chi connectivity index (χ4n) is 2.39. The largest absolute Gasteiger partial charge is 0.478 e. The van der Waals surface area contributed by atoms with Crippen LogP contribution in [0.3, 0.4) is 0 Å². The summed E-state index contributed by atoms with van der Waals surface area (Å²) in [5.74, 6) is -0.273. The Balaban J connectivity index is 2.31. The molecule has 3 aromatic heterocycles. The topological polar surface area (TPSA) is 79.5 Å². The minimum atomic E-state index is -1.00. The molecule has 3 rings (SSSR count). The molecule has 3 aromatic rings. The SMILES string of the molecule is CC(C)(C)Nc1c(-c2ccccn2)nc2c(C(=O)O)cccn12. The van der Waals surface area contributed by atoms with Gasteiger partial charge in [0, 0.05) is 17.9 Å². The maximum atomic E-state index is 11.5. The number of nitrogens with one attached hydrogen (secondary N) is 1. The molecule has 6 heteroatoms. The summed E-state index contributed by atoms with van der Waals surface area (Å²) in [6.07, 6.45) is 3.49. The van der Waals surface area contributed by atoms with Crippen molar-refractivity contribution in [2.24, 2.45) is 0 Å². The van der Waals surface area contributed by atoms with E-state index in [1.54, 1.807) is 28.9 Å². The summed E-state index contributed by atoms with van der Waals surface area (Å²) in [7, 11) is 0. The van der Waals surface area contributed by atoms with Crippen molar-refractivity contribution < 1.29 is 9.90 Å². The number of anilines is 1. The van der Waals surface area contributed by atoms with E-state index in [1.807, 2.05) is 39.0 Å². The third kappa shape index (κ3) is 2.88. The predicted molar refractivity (Wildman–Crippen MR) is 88.8 cm³/mol. The number of pyridine rings is 2. The first-order valence-electron chi connectivity index (χ1n) is 7.31. The number of nitrogens with zero attached hydrogens (tertiary/aromatic N) is 3. The summed E-state index contributed by atoms with van der Waals surface area (Å²) >= 11 is 0. The molecular formula is C17H18N4O2. The van der Waals surface area contributed by atoms with Crippen molar-refractivity contribution in [3.63, 3.8) is 0 Å². The number of hydrogen-bond acceptors (Lipinski definition) is 4. The van der Waals surface area contributed by atoms with Crippen LogP contribution in [0.5, 0.6) is 0 Å². The summed E-state index contributed by atoms with van der Waals surface area (Å²) in [5.41, 5.74) is 1.67. The maximum absolute atomic E-state index is 11.5. The molecule has 0 aliphatic heterocycles. The lowest BCUT2D eigenvalue weighted by molar-refractivity contribution is 0.0698. The molecule has 0 amide bonds. The van der Waals surface area contributed by atoms with Gasteiger partial charge in [-0.25, -0.2) is 9.78 Å². The van der Waals surface area contributed by atoms with Gasteiger partial charge in [0.1, 0.15) is 17.1 Å².